The number of hydrogen-bond acceptors (Lipinski definition) is 6. The number of rotatable bonds is 47. The molecule has 394 valence electrons. The highest BCUT2D eigenvalue weighted by Gasteiger charge is 2.19. The summed E-state index contributed by atoms with van der Waals surface area (Å²) in [6.45, 7) is 6.14. The second kappa shape index (κ2) is 57.3. The summed E-state index contributed by atoms with van der Waals surface area (Å²) in [6.07, 6.45) is 84.9. The molecule has 0 saturated heterocycles. The van der Waals surface area contributed by atoms with E-state index in [1.807, 2.05) is 60.8 Å². The van der Waals surface area contributed by atoms with Crippen molar-refractivity contribution in [2.45, 2.75) is 207 Å². The number of carbonyl (C=O) groups excluding carboxylic acids is 3. The molecule has 0 heterocycles. The summed E-state index contributed by atoms with van der Waals surface area (Å²) in [6, 6.07) is 0. The van der Waals surface area contributed by atoms with Gasteiger partial charge in [0.25, 0.3) is 0 Å². The minimum absolute atomic E-state index is 0.134. The van der Waals surface area contributed by atoms with Gasteiger partial charge in [-0.05, 0) is 109 Å². The standard InChI is InChI=1S/C65H98O6/c1-4-7-10-13-16-19-22-25-28-30-32-34-37-40-43-46-49-52-55-58-64(67)70-61-62(60-69-63(66)57-54-51-48-45-42-39-36-27-24-21-18-15-12-9-6-3)71-65(68)59-56-53-50-47-44-41-38-35-33-31-29-26-23-20-17-14-11-8-5-2/h7-12,15-21,24-29,32,34,36,39-40,42-43,49,52,62H,4-6,13-14,22-23,30-31,33,35,37-38,41,44-48,50-51,53-61H2,1-3H3/b10-7-,11-8-,12-9-,18-15-,19-16-,20-17-,24-21-,28-25-,29-26-,34-32-,36-27-,42-39-,43-40-,52-49-. The van der Waals surface area contributed by atoms with E-state index in [1.54, 1.807) is 0 Å². The molecule has 0 fully saturated rings. The van der Waals surface area contributed by atoms with Crippen molar-refractivity contribution in [3.63, 3.8) is 0 Å². The lowest BCUT2D eigenvalue weighted by molar-refractivity contribution is -0.166. The summed E-state index contributed by atoms with van der Waals surface area (Å²) >= 11 is 0. The molecule has 0 aliphatic rings. The Morgan fingerprint density at radius 1 is 0.296 bits per heavy atom. The Morgan fingerprint density at radius 3 is 1.06 bits per heavy atom. The lowest BCUT2D eigenvalue weighted by atomic mass is 10.1. The van der Waals surface area contributed by atoms with Crippen molar-refractivity contribution in [2.75, 3.05) is 13.2 Å². The summed E-state index contributed by atoms with van der Waals surface area (Å²) in [5.41, 5.74) is 0. The molecule has 0 radical (unpaired) electrons. The van der Waals surface area contributed by atoms with Gasteiger partial charge in [0.1, 0.15) is 13.2 Å². The predicted octanol–water partition coefficient (Wildman–Crippen LogP) is 18.8. The zero-order valence-corrected chi connectivity index (χ0v) is 44.9. The van der Waals surface area contributed by atoms with Crippen molar-refractivity contribution >= 4 is 17.9 Å². The number of allylic oxidation sites excluding steroid dienone is 28. The summed E-state index contributed by atoms with van der Waals surface area (Å²) in [7, 11) is 0. The van der Waals surface area contributed by atoms with Gasteiger partial charge in [-0.15, -0.1) is 0 Å². The van der Waals surface area contributed by atoms with Crippen molar-refractivity contribution in [1.29, 1.82) is 0 Å². The molecule has 71 heavy (non-hydrogen) atoms. The maximum absolute atomic E-state index is 12.9. The maximum Gasteiger partial charge on any atom is 0.306 e. The van der Waals surface area contributed by atoms with E-state index >= 15 is 0 Å². The van der Waals surface area contributed by atoms with Gasteiger partial charge in [-0.3, -0.25) is 14.4 Å². The fourth-order valence-corrected chi connectivity index (χ4v) is 6.80. The van der Waals surface area contributed by atoms with Crippen LogP contribution in [0.25, 0.3) is 0 Å². The monoisotopic (exact) mass is 975 g/mol. The summed E-state index contributed by atoms with van der Waals surface area (Å²) < 4.78 is 16.7. The highest BCUT2D eigenvalue weighted by molar-refractivity contribution is 5.71. The van der Waals surface area contributed by atoms with Gasteiger partial charge >= 0.3 is 17.9 Å². The second-order valence-corrected chi connectivity index (χ2v) is 17.5. The van der Waals surface area contributed by atoms with Crippen LogP contribution in [0.2, 0.25) is 0 Å². The number of esters is 3. The highest BCUT2D eigenvalue weighted by Crippen LogP contribution is 2.13. The van der Waals surface area contributed by atoms with E-state index in [-0.39, 0.29) is 50.4 Å². The first kappa shape index (κ1) is 65.8. The van der Waals surface area contributed by atoms with Crippen LogP contribution in [-0.4, -0.2) is 37.2 Å². The quantitative estimate of drug-likeness (QED) is 0.0199. The molecule has 0 aromatic rings. The topological polar surface area (TPSA) is 78.9 Å². The van der Waals surface area contributed by atoms with Crippen LogP contribution in [0.15, 0.2) is 170 Å². The minimum atomic E-state index is -0.839. The number of hydrogen-bond donors (Lipinski definition) is 0. The Labute approximate surface area is 434 Å². The van der Waals surface area contributed by atoms with Crippen LogP contribution >= 0.6 is 0 Å². The molecule has 1 unspecified atom stereocenters. The van der Waals surface area contributed by atoms with Crippen LogP contribution in [0.3, 0.4) is 0 Å². The van der Waals surface area contributed by atoms with E-state index in [9.17, 15) is 14.4 Å². The first-order chi connectivity index (χ1) is 35.0. The number of ether oxygens (including phenoxy) is 3. The van der Waals surface area contributed by atoms with Crippen LogP contribution < -0.4 is 0 Å². The molecule has 6 heteroatoms. The fourth-order valence-electron chi connectivity index (χ4n) is 6.80. The third-order valence-corrected chi connectivity index (χ3v) is 10.8. The second-order valence-electron chi connectivity index (χ2n) is 17.5. The van der Waals surface area contributed by atoms with E-state index in [1.165, 1.54) is 38.5 Å². The lowest BCUT2D eigenvalue weighted by Gasteiger charge is -2.18. The van der Waals surface area contributed by atoms with Crippen LogP contribution in [0.4, 0.5) is 0 Å². The van der Waals surface area contributed by atoms with Crippen LogP contribution in [0.1, 0.15) is 201 Å². The molecule has 0 aromatic carbocycles. The van der Waals surface area contributed by atoms with E-state index in [0.29, 0.717) is 12.8 Å². The van der Waals surface area contributed by atoms with Gasteiger partial charge in [-0.25, -0.2) is 0 Å². The van der Waals surface area contributed by atoms with Crippen LogP contribution in [-0.2, 0) is 28.6 Å². The van der Waals surface area contributed by atoms with Crippen LogP contribution in [0, 0.1) is 0 Å². The van der Waals surface area contributed by atoms with E-state index in [0.717, 1.165) is 109 Å². The molecule has 0 amide bonds. The molecule has 0 rings (SSSR count). The summed E-state index contributed by atoms with van der Waals surface area (Å²) in [4.78, 5) is 38.1. The Hall–Kier alpha value is -5.23. The van der Waals surface area contributed by atoms with Gasteiger partial charge < -0.3 is 14.2 Å². The Bertz CT molecular complexity index is 1690. The molecule has 0 saturated carbocycles. The fraction of sp³-hybridized carbons (Fsp3) is 0.523. The van der Waals surface area contributed by atoms with Crippen molar-refractivity contribution in [3.05, 3.63) is 170 Å². The van der Waals surface area contributed by atoms with Gasteiger partial charge in [0.15, 0.2) is 6.10 Å². The molecule has 1 atom stereocenters. The van der Waals surface area contributed by atoms with E-state index in [4.69, 9.17) is 14.2 Å². The largest absolute Gasteiger partial charge is 0.462 e. The van der Waals surface area contributed by atoms with E-state index < -0.39 is 6.10 Å². The molecule has 0 aliphatic heterocycles. The van der Waals surface area contributed by atoms with Crippen molar-refractivity contribution in [3.8, 4) is 0 Å². The molecule has 0 bridgehead atoms. The zero-order chi connectivity index (χ0) is 51.4. The molecular formula is C65H98O6. The molecule has 0 N–H and O–H groups in total. The van der Waals surface area contributed by atoms with Gasteiger partial charge in [0.2, 0.25) is 0 Å². The average molecular weight is 975 g/mol. The molecular weight excluding hydrogens is 877 g/mol. The molecule has 0 spiro atoms. The van der Waals surface area contributed by atoms with E-state index in [2.05, 4.69) is 130 Å². The van der Waals surface area contributed by atoms with Crippen molar-refractivity contribution in [1.82, 2.24) is 0 Å². The van der Waals surface area contributed by atoms with Gasteiger partial charge in [0.05, 0.1) is 0 Å². The molecule has 0 aromatic heterocycles. The molecule has 6 nitrogen and oxygen atoms in total. The van der Waals surface area contributed by atoms with Gasteiger partial charge in [0, 0.05) is 19.3 Å². The third kappa shape index (κ3) is 55.6. The SMILES string of the molecule is CC\C=C/C=C\C=C/C=C\C=C/CCCCCC(=O)OCC(COC(=O)CC/C=C\C/C=C\C/C=C\C/C=C\C/C=C\C/C=C\CC)OC(=O)CCCCCCCCCCC/C=C\C/C=C\C/C=C\CC. The van der Waals surface area contributed by atoms with Crippen LogP contribution in [0.5, 0.6) is 0 Å². The summed E-state index contributed by atoms with van der Waals surface area (Å²) in [5, 5.41) is 0. The Morgan fingerprint density at radius 2 is 0.606 bits per heavy atom. The predicted molar refractivity (Wildman–Crippen MR) is 306 cm³/mol. The smallest absolute Gasteiger partial charge is 0.306 e. The first-order valence-corrected chi connectivity index (χ1v) is 27.7. The van der Waals surface area contributed by atoms with Gasteiger partial charge in [-0.2, -0.15) is 0 Å². The maximum atomic E-state index is 12.9. The van der Waals surface area contributed by atoms with Crippen molar-refractivity contribution in [2.24, 2.45) is 0 Å². The lowest BCUT2D eigenvalue weighted by Crippen LogP contribution is -2.30. The normalized spacial score (nSPS) is 13.5. The molecule has 0 aliphatic carbocycles. The number of unbranched alkanes of at least 4 members (excludes halogenated alkanes) is 12. The summed E-state index contributed by atoms with van der Waals surface area (Å²) in [5.74, 6) is -1.08. The zero-order valence-electron chi connectivity index (χ0n) is 44.9. The third-order valence-electron chi connectivity index (χ3n) is 10.8. The minimum Gasteiger partial charge on any atom is -0.462 e. The van der Waals surface area contributed by atoms with Crippen molar-refractivity contribution < 1.29 is 28.6 Å². The first-order valence-electron chi connectivity index (χ1n) is 27.7. The number of carbonyl (C=O) groups is 3. The van der Waals surface area contributed by atoms with Gasteiger partial charge in [-0.1, -0.05) is 242 Å². The Balaban J connectivity index is 4.61. The Kier molecular flexibility index (Phi) is 53.1. The average Bonchev–Trinajstić information content (AvgIpc) is 3.37. The highest BCUT2D eigenvalue weighted by atomic mass is 16.6.